The molecule has 2 heterocycles. The second-order valence-corrected chi connectivity index (χ2v) is 5.44. The predicted molar refractivity (Wildman–Crippen MR) is 78.8 cm³/mol. The molecule has 0 radical (unpaired) electrons. The molecule has 0 amide bonds. The molecule has 0 fully saturated rings. The van der Waals surface area contributed by atoms with E-state index >= 15 is 0 Å². The highest BCUT2D eigenvalue weighted by atomic mass is 32.1. The molecule has 0 saturated heterocycles. The topological polar surface area (TPSA) is 30.0 Å². The van der Waals surface area contributed by atoms with Gasteiger partial charge in [0.1, 0.15) is 0 Å². The van der Waals surface area contributed by atoms with E-state index in [1.165, 1.54) is 11.3 Å². The summed E-state index contributed by atoms with van der Waals surface area (Å²) in [4.78, 5) is 17.5. The first kappa shape index (κ1) is 12.1. The van der Waals surface area contributed by atoms with Gasteiger partial charge in [0.2, 0.25) is 0 Å². The summed E-state index contributed by atoms with van der Waals surface area (Å²) in [5.74, 6) is 0.184. The number of para-hydroxylation sites is 1. The number of carbonyl (C=O) groups is 1. The monoisotopic (exact) mass is 267 g/mol. The van der Waals surface area contributed by atoms with Crippen LogP contribution in [0.5, 0.6) is 0 Å². The lowest BCUT2D eigenvalue weighted by atomic mass is 10.0. The van der Waals surface area contributed by atoms with Crippen LogP contribution in [-0.4, -0.2) is 10.8 Å². The number of benzene rings is 1. The molecule has 0 saturated carbocycles. The molecule has 0 atom stereocenters. The summed E-state index contributed by atoms with van der Waals surface area (Å²) >= 11 is 1.52. The van der Waals surface area contributed by atoms with Crippen LogP contribution in [0.25, 0.3) is 10.9 Å². The van der Waals surface area contributed by atoms with E-state index in [9.17, 15) is 4.79 Å². The fourth-order valence-electron chi connectivity index (χ4n) is 2.22. The van der Waals surface area contributed by atoms with Crippen molar-refractivity contribution < 1.29 is 4.79 Å². The van der Waals surface area contributed by atoms with E-state index in [0.29, 0.717) is 6.42 Å². The minimum absolute atomic E-state index is 0.184. The lowest BCUT2D eigenvalue weighted by molar-refractivity contribution is 0.0996. The minimum atomic E-state index is 0.184. The SMILES string of the molecule is Cc1ccsc1C(=O)Cc1ccnc2ccccc12. The maximum Gasteiger partial charge on any atom is 0.177 e. The standard InChI is InChI=1S/C16H13NOS/c1-11-7-9-19-16(11)15(18)10-12-6-8-17-14-5-3-2-4-13(12)14/h2-9H,10H2,1H3. The van der Waals surface area contributed by atoms with E-state index < -0.39 is 0 Å². The van der Waals surface area contributed by atoms with Crippen molar-refractivity contribution in [1.82, 2.24) is 4.98 Å². The molecule has 94 valence electrons. The number of fused-ring (bicyclic) bond motifs is 1. The summed E-state index contributed by atoms with van der Waals surface area (Å²) in [5.41, 5.74) is 3.05. The maximum atomic E-state index is 12.3. The first-order valence-corrected chi connectivity index (χ1v) is 7.03. The number of rotatable bonds is 3. The number of nitrogens with zero attached hydrogens (tertiary/aromatic N) is 1. The van der Waals surface area contributed by atoms with E-state index in [4.69, 9.17) is 0 Å². The molecule has 0 aliphatic heterocycles. The number of aryl methyl sites for hydroxylation is 1. The second kappa shape index (κ2) is 4.94. The van der Waals surface area contributed by atoms with Crippen molar-refractivity contribution in [3.05, 3.63) is 64.0 Å². The molecule has 0 aliphatic rings. The first-order chi connectivity index (χ1) is 9.25. The molecule has 0 spiro atoms. The zero-order valence-corrected chi connectivity index (χ0v) is 11.4. The number of carbonyl (C=O) groups excluding carboxylic acids is 1. The van der Waals surface area contributed by atoms with Gasteiger partial charge in [-0.25, -0.2) is 0 Å². The van der Waals surface area contributed by atoms with E-state index in [2.05, 4.69) is 4.98 Å². The Morgan fingerprint density at radius 2 is 2.05 bits per heavy atom. The van der Waals surface area contributed by atoms with Crippen LogP contribution in [0.2, 0.25) is 0 Å². The van der Waals surface area contributed by atoms with Crippen molar-refractivity contribution in [2.45, 2.75) is 13.3 Å². The Labute approximate surface area is 115 Å². The zero-order chi connectivity index (χ0) is 13.2. The molecule has 2 aromatic heterocycles. The summed E-state index contributed by atoms with van der Waals surface area (Å²) in [6.45, 7) is 1.98. The van der Waals surface area contributed by atoms with Gasteiger partial charge in [0, 0.05) is 18.0 Å². The zero-order valence-electron chi connectivity index (χ0n) is 10.6. The smallest absolute Gasteiger partial charge is 0.177 e. The van der Waals surface area contributed by atoms with Gasteiger partial charge in [-0.15, -0.1) is 11.3 Å². The lowest BCUT2D eigenvalue weighted by Crippen LogP contribution is -2.03. The Hall–Kier alpha value is -2.00. The average molecular weight is 267 g/mol. The highest BCUT2D eigenvalue weighted by Crippen LogP contribution is 2.21. The van der Waals surface area contributed by atoms with Crippen LogP contribution in [0.1, 0.15) is 20.8 Å². The van der Waals surface area contributed by atoms with Gasteiger partial charge < -0.3 is 0 Å². The number of aromatic nitrogens is 1. The number of hydrogen-bond donors (Lipinski definition) is 0. The van der Waals surface area contributed by atoms with Crippen LogP contribution in [-0.2, 0) is 6.42 Å². The third-order valence-corrected chi connectivity index (χ3v) is 4.26. The fourth-order valence-corrected chi connectivity index (χ4v) is 3.09. The third kappa shape index (κ3) is 2.29. The number of ketones is 1. The van der Waals surface area contributed by atoms with Crippen molar-refractivity contribution in [2.24, 2.45) is 0 Å². The van der Waals surface area contributed by atoms with Crippen molar-refractivity contribution in [2.75, 3.05) is 0 Å². The Balaban J connectivity index is 1.98. The molecule has 3 rings (SSSR count). The molecule has 0 aliphatic carbocycles. The minimum Gasteiger partial charge on any atom is -0.293 e. The van der Waals surface area contributed by atoms with Crippen molar-refractivity contribution >= 4 is 28.0 Å². The van der Waals surface area contributed by atoms with Gasteiger partial charge in [-0.3, -0.25) is 9.78 Å². The lowest BCUT2D eigenvalue weighted by Gasteiger charge is -2.05. The van der Waals surface area contributed by atoms with Crippen LogP contribution >= 0.6 is 11.3 Å². The molecule has 1 aromatic carbocycles. The van der Waals surface area contributed by atoms with Crippen molar-refractivity contribution in [1.29, 1.82) is 0 Å². The van der Waals surface area contributed by atoms with Gasteiger partial charge in [0.05, 0.1) is 10.4 Å². The highest BCUT2D eigenvalue weighted by Gasteiger charge is 2.12. The Bertz CT molecular complexity index is 740. The quantitative estimate of drug-likeness (QED) is 0.671. The third-order valence-electron chi connectivity index (χ3n) is 3.21. The molecule has 0 N–H and O–H groups in total. The van der Waals surface area contributed by atoms with Gasteiger partial charge in [-0.1, -0.05) is 18.2 Å². The van der Waals surface area contributed by atoms with Crippen molar-refractivity contribution in [3.63, 3.8) is 0 Å². The molecule has 3 heteroatoms. The van der Waals surface area contributed by atoms with Crippen LogP contribution in [0.3, 0.4) is 0 Å². The highest BCUT2D eigenvalue weighted by molar-refractivity contribution is 7.12. The maximum absolute atomic E-state index is 12.3. The fraction of sp³-hybridized carbons (Fsp3) is 0.125. The van der Waals surface area contributed by atoms with Gasteiger partial charge in [-0.05, 0) is 41.6 Å². The van der Waals surface area contributed by atoms with E-state index in [1.807, 2.05) is 48.7 Å². The van der Waals surface area contributed by atoms with Gasteiger partial charge in [0.15, 0.2) is 5.78 Å². The van der Waals surface area contributed by atoms with E-state index in [0.717, 1.165) is 26.9 Å². The van der Waals surface area contributed by atoms with E-state index in [1.54, 1.807) is 6.20 Å². The summed E-state index contributed by atoms with van der Waals surface area (Å²) in [6, 6.07) is 11.9. The van der Waals surface area contributed by atoms with Crippen LogP contribution in [0.15, 0.2) is 48.0 Å². The first-order valence-electron chi connectivity index (χ1n) is 6.15. The summed E-state index contributed by atoms with van der Waals surface area (Å²) in [5, 5.41) is 3.03. The number of pyridine rings is 1. The molecule has 2 nitrogen and oxygen atoms in total. The number of hydrogen-bond acceptors (Lipinski definition) is 3. The van der Waals surface area contributed by atoms with E-state index in [-0.39, 0.29) is 5.78 Å². The molecule has 19 heavy (non-hydrogen) atoms. The normalized spacial score (nSPS) is 10.8. The van der Waals surface area contributed by atoms with Gasteiger partial charge in [-0.2, -0.15) is 0 Å². The van der Waals surface area contributed by atoms with Crippen LogP contribution in [0, 0.1) is 6.92 Å². The Morgan fingerprint density at radius 3 is 2.84 bits per heavy atom. The predicted octanol–water partition coefficient (Wildman–Crippen LogP) is 4.03. The van der Waals surface area contributed by atoms with Gasteiger partial charge >= 0.3 is 0 Å². The van der Waals surface area contributed by atoms with Crippen molar-refractivity contribution in [3.8, 4) is 0 Å². The molecular weight excluding hydrogens is 254 g/mol. The molecule has 0 unspecified atom stereocenters. The number of thiophene rings is 1. The van der Waals surface area contributed by atoms with Crippen LogP contribution < -0.4 is 0 Å². The largest absolute Gasteiger partial charge is 0.293 e. The Kier molecular flexibility index (Phi) is 3.13. The number of Topliss-reactive ketones (excluding diaryl/α,β-unsaturated/α-hetero) is 1. The summed E-state index contributed by atoms with van der Waals surface area (Å²) in [7, 11) is 0. The molecule has 0 bridgehead atoms. The molecular formula is C16H13NOS. The molecule has 3 aromatic rings. The average Bonchev–Trinajstić information content (AvgIpc) is 2.85. The summed E-state index contributed by atoms with van der Waals surface area (Å²) < 4.78 is 0. The Morgan fingerprint density at radius 1 is 1.21 bits per heavy atom. The van der Waals surface area contributed by atoms with Gasteiger partial charge in [0.25, 0.3) is 0 Å². The summed E-state index contributed by atoms with van der Waals surface area (Å²) in [6.07, 6.45) is 2.20. The van der Waals surface area contributed by atoms with Crippen LogP contribution in [0.4, 0.5) is 0 Å². The second-order valence-electron chi connectivity index (χ2n) is 4.52.